The van der Waals surface area contributed by atoms with E-state index in [9.17, 15) is 4.79 Å². The maximum atomic E-state index is 12.1. The minimum atomic E-state index is -0.464. The van der Waals surface area contributed by atoms with E-state index in [2.05, 4.69) is 22.8 Å². The molecule has 9 nitrogen and oxygen atoms in total. The van der Waals surface area contributed by atoms with Crippen molar-refractivity contribution >= 4 is 28.1 Å². The highest BCUT2D eigenvalue weighted by Crippen LogP contribution is 2.29. The number of aryl methyl sites for hydroxylation is 1. The number of rotatable bonds is 6. The van der Waals surface area contributed by atoms with Gasteiger partial charge >= 0.3 is 0 Å². The molecular weight excluding hydrogens is 454 g/mol. The first-order valence-electron chi connectivity index (χ1n) is 12.0. The number of primary amides is 1. The lowest BCUT2D eigenvalue weighted by Gasteiger charge is -2.23. The molecule has 1 aliphatic heterocycles. The quantitative estimate of drug-likeness (QED) is 0.343. The Bertz CT molecular complexity index is 1570. The van der Waals surface area contributed by atoms with Crippen molar-refractivity contribution in [2.75, 3.05) is 25.0 Å². The van der Waals surface area contributed by atoms with Crippen LogP contribution in [0.4, 0.5) is 5.82 Å². The molecule has 1 amide bonds. The third kappa shape index (κ3) is 3.88. The average Bonchev–Trinajstić information content (AvgIpc) is 3.48. The molecule has 182 valence electrons. The summed E-state index contributed by atoms with van der Waals surface area (Å²) in [6.45, 7) is 4.78. The van der Waals surface area contributed by atoms with Gasteiger partial charge in [0.25, 0.3) is 5.95 Å². The van der Waals surface area contributed by atoms with Gasteiger partial charge in [0, 0.05) is 36.3 Å². The Hall–Kier alpha value is -4.21. The highest BCUT2D eigenvalue weighted by Gasteiger charge is 2.23. The summed E-state index contributed by atoms with van der Waals surface area (Å²) in [6.07, 6.45) is -0.116. The summed E-state index contributed by atoms with van der Waals surface area (Å²) in [4.78, 5) is 17.0. The lowest BCUT2D eigenvalue weighted by Crippen LogP contribution is -2.34. The summed E-state index contributed by atoms with van der Waals surface area (Å²) < 4.78 is 9.91. The number of aromatic nitrogens is 4. The first-order valence-corrected chi connectivity index (χ1v) is 12.0. The van der Waals surface area contributed by atoms with Crippen molar-refractivity contribution < 1.29 is 9.53 Å². The second kappa shape index (κ2) is 9.10. The number of nitrogens with zero attached hydrogens (tertiary/aromatic N) is 4. The van der Waals surface area contributed by atoms with Gasteiger partial charge in [0.15, 0.2) is 5.82 Å². The van der Waals surface area contributed by atoms with Gasteiger partial charge in [-0.2, -0.15) is 4.98 Å². The van der Waals surface area contributed by atoms with Crippen LogP contribution in [0.2, 0.25) is 0 Å². The van der Waals surface area contributed by atoms with Gasteiger partial charge in [-0.1, -0.05) is 36.4 Å². The van der Waals surface area contributed by atoms with Crippen LogP contribution in [0, 0.1) is 6.92 Å². The normalized spacial score (nSPS) is 16.0. The van der Waals surface area contributed by atoms with Gasteiger partial charge < -0.3 is 21.1 Å². The van der Waals surface area contributed by atoms with Crippen molar-refractivity contribution in [1.29, 1.82) is 0 Å². The molecule has 0 saturated carbocycles. The van der Waals surface area contributed by atoms with E-state index >= 15 is 0 Å². The molecule has 4 N–H and O–H groups in total. The number of carbonyl (C=O) groups is 1. The number of hydrogen-bond acceptors (Lipinski definition) is 6. The van der Waals surface area contributed by atoms with Gasteiger partial charge in [-0.05, 0) is 42.8 Å². The fraction of sp³-hybridized carbons (Fsp3) is 0.222. The van der Waals surface area contributed by atoms with Gasteiger partial charge in [-0.25, -0.2) is 4.52 Å². The van der Waals surface area contributed by atoms with E-state index in [0.29, 0.717) is 37.0 Å². The number of fused-ring (bicyclic) bond motifs is 2. The number of ether oxygens (including phenoxy) is 1. The minimum Gasteiger partial charge on any atom is -0.369 e. The van der Waals surface area contributed by atoms with Crippen molar-refractivity contribution in [2.24, 2.45) is 5.73 Å². The lowest BCUT2D eigenvalue weighted by atomic mass is 10.1. The molecule has 0 aliphatic carbocycles. The molecule has 1 fully saturated rings. The third-order valence-electron chi connectivity index (χ3n) is 6.58. The van der Waals surface area contributed by atoms with Crippen molar-refractivity contribution in [2.45, 2.75) is 19.6 Å². The molecule has 1 atom stereocenters. The Labute approximate surface area is 207 Å². The fourth-order valence-corrected chi connectivity index (χ4v) is 4.85. The van der Waals surface area contributed by atoms with Gasteiger partial charge in [0.05, 0.1) is 17.8 Å². The lowest BCUT2D eigenvalue weighted by molar-refractivity contribution is 0.0240. The second-order valence-corrected chi connectivity index (χ2v) is 8.94. The first kappa shape index (κ1) is 22.3. The number of nitrogens with one attached hydrogen (secondary N) is 2. The van der Waals surface area contributed by atoms with E-state index in [4.69, 9.17) is 20.6 Å². The van der Waals surface area contributed by atoms with E-state index < -0.39 is 5.91 Å². The summed E-state index contributed by atoms with van der Waals surface area (Å²) in [5, 5.41) is 12.6. The highest BCUT2D eigenvalue weighted by atomic mass is 16.5. The molecule has 0 radical (unpaired) electrons. The van der Waals surface area contributed by atoms with Crippen LogP contribution in [0.5, 0.6) is 0 Å². The van der Waals surface area contributed by atoms with E-state index in [1.165, 1.54) is 0 Å². The number of hydrogen-bond donors (Lipinski definition) is 3. The topological polar surface area (TPSA) is 112 Å². The van der Waals surface area contributed by atoms with Gasteiger partial charge in [0.1, 0.15) is 11.6 Å². The monoisotopic (exact) mass is 481 g/mol. The van der Waals surface area contributed by atoms with Gasteiger partial charge in [-0.3, -0.25) is 9.36 Å². The summed E-state index contributed by atoms with van der Waals surface area (Å²) >= 11 is 0. The molecule has 0 spiro atoms. The van der Waals surface area contributed by atoms with Crippen LogP contribution in [-0.2, 0) is 11.3 Å². The van der Waals surface area contributed by atoms with Crippen molar-refractivity contribution in [3.05, 3.63) is 89.2 Å². The zero-order chi connectivity index (χ0) is 24.6. The van der Waals surface area contributed by atoms with Crippen LogP contribution < -0.4 is 16.4 Å². The summed E-state index contributed by atoms with van der Waals surface area (Å²) in [6, 6.07) is 21.7. The molecule has 2 aromatic carbocycles. The Morgan fingerprint density at radius 1 is 1.14 bits per heavy atom. The molecule has 36 heavy (non-hydrogen) atoms. The van der Waals surface area contributed by atoms with Crippen molar-refractivity contribution in [1.82, 2.24) is 24.5 Å². The van der Waals surface area contributed by atoms with Crippen molar-refractivity contribution in [3.8, 4) is 5.95 Å². The maximum absolute atomic E-state index is 12.1. The largest absolute Gasteiger partial charge is 0.369 e. The number of morpholine rings is 1. The SMILES string of the molecule is Cc1cc2c(C(N)=O)cccc2n1-c1nc(NCc2ccccc2)c2ccc([C@H]3CNCCO3)n2n1. The minimum absolute atomic E-state index is 0.116. The Morgan fingerprint density at radius 2 is 2.00 bits per heavy atom. The zero-order valence-electron chi connectivity index (χ0n) is 19.9. The van der Waals surface area contributed by atoms with E-state index in [0.717, 1.165) is 39.9 Å². The zero-order valence-corrected chi connectivity index (χ0v) is 19.9. The van der Waals surface area contributed by atoms with E-state index in [1.54, 1.807) is 6.07 Å². The summed E-state index contributed by atoms with van der Waals surface area (Å²) in [5.74, 6) is 0.744. The Balaban J connectivity index is 1.52. The predicted molar refractivity (Wildman–Crippen MR) is 138 cm³/mol. The van der Waals surface area contributed by atoms with Crippen LogP contribution in [0.25, 0.3) is 22.4 Å². The number of carbonyl (C=O) groups excluding carboxylic acids is 1. The van der Waals surface area contributed by atoms with Crippen LogP contribution >= 0.6 is 0 Å². The van der Waals surface area contributed by atoms with Crippen LogP contribution in [0.3, 0.4) is 0 Å². The number of amides is 1. The Kier molecular flexibility index (Phi) is 5.63. The first-order chi connectivity index (χ1) is 17.6. The molecule has 4 heterocycles. The Morgan fingerprint density at radius 3 is 2.78 bits per heavy atom. The van der Waals surface area contributed by atoms with E-state index in [-0.39, 0.29) is 6.10 Å². The van der Waals surface area contributed by atoms with E-state index in [1.807, 2.05) is 64.5 Å². The van der Waals surface area contributed by atoms with Crippen LogP contribution in [-0.4, -0.2) is 44.8 Å². The number of anilines is 1. The molecule has 5 aromatic rings. The summed E-state index contributed by atoms with van der Waals surface area (Å²) in [5.41, 5.74) is 10.8. The number of nitrogens with two attached hydrogens (primary N) is 1. The smallest absolute Gasteiger partial charge is 0.254 e. The molecule has 1 aliphatic rings. The van der Waals surface area contributed by atoms with Crippen LogP contribution in [0.1, 0.15) is 33.4 Å². The standard InChI is InChI=1S/C27H27N7O2/c1-17-14-20-19(25(28)35)8-5-9-21(20)33(17)27-31-26(30-15-18-6-3-2-4-7-18)23-11-10-22(34(23)32-27)24-16-29-12-13-36-24/h2-11,14,24,29H,12-13,15-16H2,1H3,(H2,28,35)(H,30,31,32)/t24-/m1/s1. The molecule has 0 unspecified atom stereocenters. The molecule has 9 heteroatoms. The predicted octanol–water partition coefficient (Wildman–Crippen LogP) is 3.35. The molecule has 1 saturated heterocycles. The highest BCUT2D eigenvalue weighted by molar-refractivity contribution is 6.06. The van der Waals surface area contributed by atoms with Gasteiger partial charge in [-0.15, -0.1) is 5.10 Å². The molecule has 3 aromatic heterocycles. The molecule has 0 bridgehead atoms. The fourth-order valence-electron chi connectivity index (χ4n) is 4.85. The maximum Gasteiger partial charge on any atom is 0.254 e. The van der Waals surface area contributed by atoms with Gasteiger partial charge in [0.2, 0.25) is 5.91 Å². The van der Waals surface area contributed by atoms with Crippen molar-refractivity contribution in [3.63, 3.8) is 0 Å². The second-order valence-electron chi connectivity index (χ2n) is 8.94. The molecule has 6 rings (SSSR count). The summed E-state index contributed by atoms with van der Waals surface area (Å²) in [7, 11) is 0. The van der Waals surface area contributed by atoms with Crippen LogP contribution in [0.15, 0.2) is 66.7 Å². The molecular formula is C27H27N7O2. The number of benzene rings is 2. The third-order valence-corrected chi connectivity index (χ3v) is 6.58. The average molecular weight is 482 g/mol.